The number of nitrogens with zero attached hydrogens (tertiary/aromatic N) is 4. The summed E-state index contributed by atoms with van der Waals surface area (Å²) < 4.78 is 0. The fourth-order valence-electron chi connectivity index (χ4n) is 4.86. The first-order valence-corrected chi connectivity index (χ1v) is 7.42. The Bertz CT molecular complexity index is 549. The molecule has 3 aliphatic carbocycles. The number of carboxylic acid groups (broad SMARTS) is 1. The Morgan fingerprint density at radius 3 is 2.67 bits per heavy atom. The molecule has 3 amide bonds. The number of carbonyl (C=O) groups excluding carboxylic acids is 1. The van der Waals surface area contributed by atoms with Gasteiger partial charge in [0.1, 0.15) is 0 Å². The second kappa shape index (κ2) is 3.81. The van der Waals surface area contributed by atoms with Crippen molar-refractivity contribution in [1.82, 2.24) is 14.7 Å². The number of urea groups is 1. The van der Waals surface area contributed by atoms with Crippen LogP contribution >= 0.6 is 0 Å². The first-order chi connectivity index (χ1) is 9.99. The molecule has 0 aromatic carbocycles. The molecule has 0 aromatic rings. The van der Waals surface area contributed by atoms with Gasteiger partial charge in [-0.2, -0.15) is 5.26 Å². The standard InChI is InChI=1S/C14H18N4O3/c15-2-1-13-7-14(8-13,9-13)18-6-10-5-16(12(20)21)3-4-17(10)11(18)19/h10H,1,3-9H2,(H,20,21)/t10-,13?,14?/m0/s1. The maximum absolute atomic E-state index is 12.6. The number of carbonyl (C=O) groups is 2. The van der Waals surface area contributed by atoms with Crippen molar-refractivity contribution in [3.05, 3.63) is 0 Å². The molecule has 7 nitrogen and oxygen atoms in total. The van der Waals surface area contributed by atoms with Gasteiger partial charge >= 0.3 is 12.1 Å². The lowest BCUT2D eigenvalue weighted by atomic mass is 9.38. The fraction of sp³-hybridized carbons (Fsp3) is 0.786. The zero-order valence-corrected chi connectivity index (χ0v) is 11.8. The third-order valence-corrected chi connectivity index (χ3v) is 5.76. The van der Waals surface area contributed by atoms with Crippen LogP contribution in [-0.2, 0) is 0 Å². The van der Waals surface area contributed by atoms with Crippen LogP contribution in [0.25, 0.3) is 0 Å². The van der Waals surface area contributed by atoms with E-state index in [9.17, 15) is 9.59 Å². The van der Waals surface area contributed by atoms with Crippen molar-refractivity contribution in [2.24, 2.45) is 5.41 Å². The smallest absolute Gasteiger partial charge is 0.407 e. The number of hydrogen-bond donors (Lipinski definition) is 1. The van der Waals surface area contributed by atoms with E-state index in [4.69, 9.17) is 10.4 Å². The molecule has 1 N–H and O–H groups in total. The van der Waals surface area contributed by atoms with E-state index >= 15 is 0 Å². The summed E-state index contributed by atoms with van der Waals surface area (Å²) in [6.07, 6.45) is 2.53. The van der Waals surface area contributed by atoms with Gasteiger partial charge in [0.05, 0.1) is 12.1 Å². The van der Waals surface area contributed by atoms with Gasteiger partial charge in [-0.1, -0.05) is 0 Å². The molecule has 3 saturated carbocycles. The van der Waals surface area contributed by atoms with Gasteiger partial charge in [-0.25, -0.2) is 9.59 Å². The lowest BCUT2D eigenvalue weighted by molar-refractivity contribution is -0.196. The van der Waals surface area contributed by atoms with Crippen molar-refractivity contribution in [2.45, 2.75) is 37.3 Å². The molecule has 21 heavy (non-hydrogen) atoms. The highest BCUT2D eigenvalue weighted by atomic mass is 16.4. The number of fused-ring (bicyclic) bond motifs is 1. The molecule has 0 spiro atoms. The second-order valence-electron chi connectivity index (χ2n) is 7.06. The predicted molar refractivity (Wildman–Crippen MR) is 71.4 cm³/mol. The molecule has 5 rings (SSSR count). The summed E-state index contributed by atoms with van der Waals surface area (Å²) in [7, 11) is 0. The summed E-state index contributed by atoms with van der Waals surface area (Å²) in [6.45, 7) is 1.94. The Morgan fingerprint density at radius 1 is 1.33 bits per heavy atom. The molecule has 1 atom stereocenters. The molecule has 0 aromatic heterocycles. The van der Waals surface area contributed by atoms with Gasteiger partial charge < -0.3 is 19.8 Å². The highest BCUT2D eigenvalue weighted by Crippen LogP contribution is 2.71. The maximum atomic E-state index is 12.6. The molecule has 2 aliphatic heterocycles. The Balaban J connectivity index is 1.45. The van der Waals surface area contributed by atoms with Crippen LogP contribution in [0.3, 0.4) is 0 Å². The fourth-order valence-corrected chi connectivity index (χ4v) is 4.86. The third-order valence-electron chi connectivity index (χ3n) is 5.76. The van der Waals surface area contributed by atoms with Gasteiger partial charge in [0, 0.05) is 38.1 Å². The van der Waals surface area contributed by atoms with Gasteiger partial charge in [-0.3, -0.25) is 0 Å². The Morgan fingerprint density at radius 2 is 2.05 bits per heavy atom. The zero-order valence-electron chi connectivity index (χ0n) is 11.8. The number of amides is 3. The van der Waals surface area contributed by atoms with Crippen LogP contribution in [0.4, 0.5) is 9.59 Å². The van der Waals surface area contributed by atoms with E-state index in [1.54, 1.807) is 0 Å². The van der Waals surface area contributed by atoms with Crippen molar-refractivity contribution in [3.63, 3.8) is 0 Å². The topological polar surface area (TPSA) is 87.9 Å². The molecule has 0 unspecified atom stereocenters. The Hall–Kier alpha value is -1.97. The average molecular weight is 290 g/mol. The van der Waals surface area contributed by atoms with Gasteiger partial charge in [0.15, 0.2) is 0 Å². The molecule has 5 aliphatic rings. The molecule has 2 heterocycles. The van der Waals surface area contributed by atoms with Crippen molar-refractivity contribution in [3.8, 4) is 6.07 Å². The van der Waals surface area contributed by atoms with Gasteiger partial charge in [0.2, 0.25) is 0 Å². The Labute approximate surface area is 122 Å². The number of nitriles is 1. The Kier molecular flexibility index (Phi) is 2.31. The minimum Gasteiger partial charge on any atom is -0.465 e. The first kappa shape index (κ1) is 12.7. The number of piperazine rings is 1. The molecular weight excluding hydrogens is 272 g/mol. The van der Waals surface area contributed by atoms with E-state index in [1.165, 1.54) is 4.90 Å². The highest BCUT2D eigenvalue weighted by Gasteiger charge is 2.72. The first-order valence-electron chi connectivity index (χ1n) is 7.42. The largest absolute Gasteiger partial charge is 0.465 e. The molecular formula is C14H18N4O3. The van der Waals surface area contributed by atoms with Crippen LogP contribution in [0, 0.1) is 16.7 Å². The zero-order chi connectivity index (χ0) is 14.8. The minimum atomic E-state index is -0.904. The quantitative estimate of drug-likeness (QED) is 0.819. The second-order valence-corrected chi connectivity index (χ2v) is 7.06. The summed E-state index contributed by atoms with van der Waals surface area (Å²) in [5.74, 6) is 0. The monoisotopic (exact) mass is 290 g/mol. The van der Waals surface area contributed by atoms with Crippen LogP contribution in [0.1, 0.15) is 25.7 Å². The van der Waals surface area contributed by atoms with E-state index in [0.717, 1.165) is 19.3 Å². The minimum absolute atomic E-state index is 0.0108. The molecule has 0 radical (unpaired) electrons. The van der Waals surface area contributed by atoms with Crippen molar-refractivity contribution in [2.75, 3.05) is 26.2 Å². The van der Waals surface area contributed by atoms with E-state index in [2.05, 4.69) is 6.07 Å². The predicted octanol–water partition coefficient (Wildman–Crippen LogP) is 0.923. The van der Waals surface area contributed by atoms with E-state index in [1.807, 2.05) is 9.80 Å². The van der Waals surface area contributed by atoms with Crippen LogP contribution in [0.5, 0.6) is 0 Å². The van der Waals surface area contributed by atoms with Crippen molar-refractivity contribution < 1.29 is 14.7 Å². The maximum Gasteiger partial charge on any atom is 0.407 e. The number of rotatable bonds is 2. The lowest BCUT2D eigenvalue weighted by Crippen LogP contribution is -2.74. The van der Waals surface area contributed by atoms with Crippen molar-refractivity contribution in [1.29, 1.82) is 5.26 Å². The van der Waals surface area contributed by atoms with Gasteiger partial charge in [-0.15, -0.1) is 0 Å². The number of hydrogen-bond acceptors (Lipinski definition) is 3. The van der Waals surface area contributed by atoms with E-state index in [0.29, 0.717) is 32.6 Å². The lowest BCUT2D eigenvalue weighted by Gasteiger charge is -2.72. The third kappa shape index (κ3) is 1.53. The van der Waals surface area contributed by atoms with Crippen LogP contribution in [-0.4, -0.2) is 69.7 Å². The summed E-state index contributed by atoms with van der Waals surface area (Å²) >= 11 is 0. The average Bonchev–Trinajstić information content (AvgIpc) is 2.69. The molecule has 112 valence electrons. The van der Waals surface area contributed by atoms with Gasteiger partial charge in [0.25, 0.3) is 0 Å². The highest BCUT2D eigenvalue weighted by molar-refractivity contribution is 5.79. The SMILES string of the molecule is N#CCC12CC(N3C[C@@H]4CN(C(=O)O)CCN4C3=O)(C1)C2. The molecule has 2 saturated heterocycles. The van der Waals surface area contributed by atoms with Crippen LogP contribution < -0.4 is 0 Å². The molecule has 7 heteroatoms. The normalized spacial score (nSPS) is 40.2. The van der Waals surface area contributed by atoms with Crippen LogP contribution in [0.2, 0.25) is 0 Å². The summed E-state index contributed by atoms with van der Waals surface area (Å²) in [5.41, 5.74) is 0.143. The van der Waals surface area contributed by atoms with Crippen molar-refractivity contribution >= 4 is 12.1 Å². The van der Waals surface area contributed by atoms with Gasteiger partial charge in [-0.05, 0) is 24.7 Å². The molecule has 5 fully saturated rings. The summed E-state index contributed by atoms with van der Waals surface area (Å²) in [4.78, 5) is 28.8. The molecule has 2 bridgehead atoms. The van der Waals surface area contributed by atoms with Crippen LogP contribution in [0.15, 0.2) is 0 Å². The van der Waals surface area contributed by atoms with E-state index in [-0.39, 0.29) is 23.0 Å². The van der Waals surface area contributed by atoms with E-state index < -0.39 is 6.09 Å². The summed E-state index contributed by atoms with van der Waals surface area (Å²) in [5, 5.41) is 17.9. The summed E-state index contributed by atoms with van der Waals surface area (Å²) in [6, 6.07) is 2.30.